The maximum absolute atomic E-state index is 12.8. The molecule has 1 nitrogen and oxygen atoms in total. The van der Waals surface area contributed by atoms with Gasteiger partial charge in [-0.05, 0) is 17.7 Å². The van der Waals surface area contributed by atoms with Gasteiger partial charge >= 0.3 is 6.18 Å². The van der Waals surface area contributed by atoms with Gasteiger partial charge in [0.05, 0.1) is 11.3 Å². The summed E-state index contributed by atoms with van der Waals surface area (Å²) in [6.45, 7) is 0. The highest BCUT2D eigenvalue weighted by molar-refractivity contribution is 6.65. The minimum atomic E-state index is -4.44. The van der Waals surface area contributed by atoms with Crippen molar-refractivity contribution in [3.05, 3.63) is 65.7 Å². The Morgan fingerprint density at radius 2 is 1.55 bits per heavy atom. The molecule has 0 aliphatic rings. The minimum absolute atomic E-state index is 0.118. The molecule has 0 aliphatic carbocycles. The molecule has 0 fully saturated rings. The van der Waals surface area contributed by atoms with Gasteiger partial charge in [0, 0.05) is 6.42 Å². The van der Waals surface area contributed by atoms with Crippen molar-refractivity contribution >= 4 is 22.5 Å². The molecular formula is C15H11ClF3N. The van der Waals surface area contributed by atoms with E-state index in [9.17, 15) is 13.2 Å². The monoisotopic (exact) mass is 297 g/mol. The van der Waals surface area contributed by atoms with Crippen LogP contribution in [0.5, 0.6) is 0 Å². The Labute approximate surface area is 119 Å². The molecule has 0 spiro atoms. The van der Waals surface area contributed by atoms with Gasteiger partial charge in [0.1, 0.15) is 5.17 Å². The fraction of sp³-hybridized carbons (Fsp3) is 0.133. The van der Waals surface area contributed by atoms with Crippen molar-refractivity contribution in [1.29, 1.82) is 0 Å². The fourth-order valence-corrected chi connectivity index (χ4v) is 1.99. The lowest BCUT2D eigenvalue weighted by Crippen LogP contribution is -2.05. The Bertz CT molecular complexity index is 606. The first-order valence-electron chi connectivity index (χ1n) is 5.90. The first-order chi connectivity index (χ1) is 9.47. The lowest BCUT2D eigenvalue weighted by Gasteiger charge is -2.09. The second-order valence-electron chi connectivity index (χ2n) is 4.17. The third-order valence-corrected chi connectivity index (χ3v) is 2.86. The lowest BCUT2D eigenvalue weighted by atomic mass is 10.1. The van der Waals surface area contributed by atoms with Crippen molar-refractivity contribution in [2.24, 2.45) is 4.99 Å². The van der Waals surface area contributed by atoms with Gasteiger partial charge in [-0.25, -0.2) is 4.99 Å². The fourth-order valence-electron chi connectivity index (χ4n) is 1.75. The number of para-hydroxylation sites is 1. The van der Waals surface area contributed by atoms with Crippen LogP contribution in [0.15, 0.2) is 59.6 Å². The Hall–Kier alpha value is -1.81. The van der Waals surface area contributed by atoms with E-state index >= 15 is 0 Å². The Kier molecular flexibility index (Phi) is 4.45. The van der Waals surface area contributed by atoms with Gasteiger partial charge in [-0.3, -0.25) is 0 Å². The maximum atomic E-state index is 12.8. The van der Waals surface area contributed by atoms with Crippen molar-refractivity contribution in [1.82, 2.24) is 0 Å². The summed E-state index contributed by atoms with van der Waals surface area (Å²) in [5, 5.41) is 0.118. The summed E-state index contributed by atoms with van der Waals surface area (Å²) < 4.78 is 38.4. The average Bonchev–Trinajstić information content (AvgIpc) is 2.39. The molecule has 0 atom stereocenters. The Balaban J connectivity index is 2.27. The Morgan fingerprint density at radius 1 is 0.950 bits per heavy atom. The highest BCUT2D eigenvalue weighted by atomic mass is 35.5. The van der Waals surface area contributed by atoms with Crippen LogP contribution in [-0.2, 0) is 12.6 Å². The summed E-state index contributed by atoms with van der Waals surface area (Å²) in [7, 11) is 0. The van der Waals surface area contributed by atoms with Crippen molar-refractivity contribution in [2.75, 3.05) is 0 Å². The van der Waals surface area contributed by atoms with Gasteiger partial charge < -0.3 is 0 Å². The molecule has 0 N–H and O–H groups in total. The lowest BCUT2D eigenvalue weighted by molar-refractivity contribution is -0.137. The summed E-state index contributed by atoms with van der Waals surface area (Å²) in [6.07, 6.45) is -4.14. The van der Waals surface area contributed by atoms with Crippen LogP contribution in [0.25, 0.3) is 0 Å². The number of alkyl halides is 3. The van der Waals surface area contributed by atoms with Crippen LogP contribution in [-0.4, -0.2) is 5.17 Å². The number of hydrogen-bond donors (Lipinski definition) is 0. The average molecular weight is 298 g/mol. The molecule has 0 heterocycles. The molecule has 2 aromatic rings. The predicted molar refractivity (Wildman–Crippen MR) is 74.5 cm³/mol. The van der Waals surface area contributed by atoms with E-state index in [1.165, 1.54) is 18.2 Å². The SMILES string of the molecule is FC(F)(F)c1ccccc1N=C(Cl)Cc1ccccc1. The number of halogens is 4. The normalized spacial score (nSPS) is 12.5. The molecule has 104 valence electrons. The van der Waals surface area contributed by atoms with Crippen molar-refractivity contribution in [2.45, 2.75) is 12.6 Å². The number of benzene rings is 2. The first kappa shape index (κ1) is 14.6. The van der Waals surface area contributed by atoms with E-state index in [0.29, 0.717) is 6.42 Å². The molecule has 5 heteroatoms. The van der Waals surface area contributed by atoms with Crippen LogP contribution in [0, 0.1) is 0 Å². The quantitative estimate of drug-likeness (QED) is 0.689. The zero-order chi connectivity index (χ0) is 14.6. The predicted octanol–water partition coefficient (Wildman–Crippen LogP) is 5.22. The molecule has 0 unspecified atom stereocenters. The van der Waals surface area contributed by atoms with E-state index in [1.807, 2.05) is 30.3 Å². The zero-order valence-electron chi connectivity index (χ0n) is 10.4. The molecule has 0 aliphatic heterocycles. The second kappa shape index (κ2) is 6.09. The standard InChI is InChI=1S/C15H11ClF3N/c16-14(10-11-6-2-1-3-7-11)20-13-9-5-4-8-12(13)15(17,18)19/h1-9H,10H2. The smallest absolute Gasteiger partial charge is 0.240 e. The van der Waals surface area contributed by atoms with Crippen LogP contribution >= 0.6 is 11.6 Å². The van der Waals surface area contributed by atoms with Gasteiger partial charge in [0.2, 0.25) is 0 Å². The van der Waals surface area contributed by atoms with Crippen molar-refractivity contribution in [3.8, 4) is 0 Å². The first-order valence-corrected chi connectivity index (χ1v) is 6.28. The largest absolute Gasteiger partial charge is 0.418 e. The highest BCUT2D eigenvalue weighted by Crippen LogP contribution is 2.36. The third-order valence-electron chi connectivity index (χ3n) is 2.64. The second-order valence-corrected chi connectivity index (χ2v) is 4.60. The molecule has 0 saturated carbocycles. The summed E-state index contributed by atoms with van der Waals surface area (Å²) in [5.74, 6) is 0. The van der Waals surface area contributed by atoms with Crippen LogP contribution in [0.1, 0.15) is 11.1 Å². The molecule has 0 amide bonds. The van der Waals surface area contributed by atoms with Crippen LogP contribution in [0.4, 0.5) is 18.9 Å². The van der Waals surface area contributed by atoms with Gasteiger partial charge in [0.25, 0.3) is 0 Å². The van der Waals surface area contributed by atoms with Crippen LogP contribution in [0.3, 0.4) is 0 Å². The van der Waals surface area contributed by atoms with E-state index < -0.39 is 11.7 Å². The summed E-state index contributed by atoms with van der Waals surface area (Å²) in [5.41, 5.74) is -0.0575. The molecule has 2 rings (SSSR count). The van der Waals surface area contributed by atoms with E-state index in [2.05, 4.69) is 4.99 Å². The third kappa shape index (κ3) is 3.84. The van der Waals surface area contributed by atoms with E-state index in [-0.39, 0.29) is 10.9 Å². The molecule has 2 aromatic carbocycles. The van der Waals surface area contributed by atoms with Crippen molar-refractivity contribution < 1.29 is 13.2 Å². The topological polar surface area (TPSA) is 12.4 Å². The molecule has 0 radical (unpaired) electrons. The van der Waals surface area contributed by atoms with Gasteiger partial charge in [-0.15, -0.1) is 0 Å². The molecule has 0 bridgehead atoms. The van der Waals surface area contributed by atoms with Gasteiger partial charge in [-0.1, -0.05) is 54.1 Å². The van der Waals surface area contributed by atoms with Crippen LogP contribution < -0.4 is 0 Å². The van der Waals surface area contributed by atoms with Crippen molar-refractivity contribution in [3.63, 3.8) is 0 Å². The molecule has 0 saturated heterocycles. The molecular weight excluding hydrogens is 287 g/mol. The van der Waals surface area contributed by atoms with Gasteiger partial charge in [-0.2, -0.15) is 13.2 Å². The summed E-state index contributed by atoms with van der Waals surface area (Å²) >= 11 is 5.95. The van der Waals surface area contributed by atoms with Gasteiger partial charge in [0.15, 0.2) is 0 Å². The minimum Gasteiger partial charge on any atom is -0.240 e. The van der Waals surface area contributed by atoms with Crippen LogP contribution in [0.2, 0.25) is 0 Å². The Morgan fingerprint density at radius 3 is 2.20 bits per heavy atom. The van der Waals surface area contributed by atoms with E-state index in [1.54, 1.807) is 0 Å². The number of aliphatic imine (C=N–C) groups is 1. The molecule has 20 heavy (non-hydrogen) atoms. The highest BCUT2D eigenvalue weighted by Gasteiger charge is 2.33. The number of rotatable bonds is 3. The zero-order valence-corrected chi connectivity index (χ0v) is 11.1. The summed E-state index contributed by atoms with van der Waals surface area (Å²) in [6, 6.07) is 14.3. The number of hydrogen-bond acceptors (Lipinski definition) is 1. The summed E-state index contributed by atoms with van der Waals surface area (Å²) in [4.78, 5) is 3.88. The maximum Gasteiger partial charge on any atom is 0.418 e. The number of nitrogens with zero attached hydrogens (tertiary/aromatic N) is 1. The molecule has 0 aromatic heterocycles. The van der Waals surface area contributed by atoms with E-state index in [4.69, 9.17) is 11.6 Å². The van der Waals surface area contributed by atoms with E-state index in [0.717, 1.165) is 11.6 Å².